The van der Waals surface area contributed by atoms with Gasteiger partial charge in [-0.1, -0.05) is 53.2 Å². The topological polar surface area (TPSA) is 26.3 Å². The Morgan fingerprint density at radius 3 is 2.31 bits per heavy atom. The number of rotatable bonds is 2. The molecule has 3 heteroatoms. The molecule has 0 heterocycles. The van der Waals surface area contributed by atoms with E-state index in [1.807, 2.05) is 0 Å². The van der Waals surface area contributed by atoms with Crippen molar-refractivity contribution < 1.29 is 9.22 Å². The van der Waals surface area contributed by atoms with Crippen LogP contribution in [0.1, 0.15) is 86.5 Å². The molecule has 4 aliphatic rings. The summed E-state index contributed by atoms with van der Waals surface area (Å²) < 4.78 is 6.86. The minimum Gasteiger partial charge on any atom is -0.414 e. The van der Waals surface area contributed by atoms with Gasteiger partial charge in [0.1, 0.15) is 5.78 Å². The van der Waals surface area contributed by atoms with Crippen molar-refractivity contribution in [1.82, 2.24) is 0 Å². The maximum absolute atomic E-state index is 12.7. The second kappa shape index (κ2) is 6.79. The predicted molar refractivity (Wildman–Crippen MR) is 123 cm³/mol. The van der Waals surface area contributed by atoms with Gasteiger partial charge in [-0.15, -0.1) is 0 Å². The van der Waals surface area contributed by atoms with Crippen LogP contribution >= 0.6 is 0 Å². The van der Waals surface area contributed by atoms with Crippen LogP contribution < -0.4 is 0 Å². The van der Waals surface area contributed by atoms with E-state index in [1.54, 1.807) is 5.57 Å². The zero-order chi connectivity index (χ0) is 21.4. The van der Waals surface area contributed by atoms with Crippen LogP contribution in [0.5, 0.6) is 0 Å². The lowest BCUT2D eigenvalue weighted by Crippen LogP contribution is -2.53. The van der Waals surface area contributed by atoms with Crippen LogP contribution in [-0.4, -0.2) is 20.2 Å². The highest BCUT2D eigenvalue weighted by Crippen LogP contribution is 2.65. The van der Waals surface area contributed by atoms with Gasteiger partial charge in [0.05, 0.1) is 0 Å². The number of Topliss-reactive ketones (excluding diaryl/α,β-unsaturated/α-hetero) is 1. The molecule has 29 heavy (non-hydrogen) atoms. The summed E-state index contributed by atoms with van der Waals surface area (Å²) in [6.07, 6.45) is 11.0. The summed E-state index contributed by atoms with van der Waals surface area (Å²) in [5.41, 5.74) is 1.99. The number of ketones is 1. The molecule has 164 valence electrons. The molecule has 0 saturated heterocycles. The second-order valence-electron chi connectivity index (χ2n) is 12.9. The molecule has 0 aromatic rings. The predicted octanol–water partition coefficient (Wildman–Crippen LogP) is 7.15. The Bertz CT molecular complexity index is 717. The quantitative estimate of drug-likeness (QED) is 0.353. The molecule has 0 radical (unpaired) electrons. The minimum absolute atomic E-state index is 0.0280. The van der Waals surface area contributed by atoms with Crippen molar-refractivity contribution in [1.29, 1.82) is 0 Å². The fourth-order valence-corrected chi connectivity index (χ4v) is 8.84. The van der Waals surface area contributed by atoms with E-state index >= 15 is 0 Å². The minimum atomic E-state index is -1.72. The molecule has 3 fully saturated rings. The first-order valence-corrected chi connectivity index (χ1v) is 15.1. The Balaban J connectivity index is 1.58. The molecule has 0 aliphatic heterocycles. The largest absolute Gasteiger partial charge is 0.414 e. The van der Waals surface area contributed by atoms with Gasteiger partial charge in [-0.3, -0.25) is 4.79 Å². The van der Waals surface area contributed by atoms with Crippen LogP contribution in [0.4, 0.5) is 0 Å². The highest BCUT2D eigenvalue weighted by atomic mass is 28.4. The fraction of sp³-hybridized carbons (Fsp3) is 0.885. The van der Waals surface area contributed by atoms with Gasteiger partial charge >= 0.3 is 0 Å². The first-order chi connectivity index (χ1) is 13.3. The molecular formula is C26H44O2Si. The Hall–Kier alpha value is -0.413. The van der Waals surface area contributed by atoms with E-state index in [-0.39, 0.29) is 10.5 Å². The Morgan fingerprint density at radius 2 is 1.66 bits per heavy atom. The third kappa shape index (κ3) is 3.25. The van der Waals surface area contributed by atoms with E-state index in [4.69, 9.17) is 4.43 Å². The molecule has 0 amide bonds. The molecule has 0 N–H and O–H groups in total. The van der Waals surface area contributed by atoms with Crippen LogP contribution in [0.25, 0.3) is 0 Å². The van der Waals surface area contributed by atoms with Crippen molar-refractivity contribution in [3.05, 3.63) is 11.6 Å². The van der Waals surface area contributed by atoms with Crippen molar-refractivity contribution in [2.75, 3.05) is 0 Å². The van der Waals surface area contributed by atoms with Gasteiger partial charge in [0, 0.05) is 17.9 Å². The van der Waals surface area contributed by atoms with E-state index in [0.717, 1.165) is 31.6 Å². The summed E-state index contributed by atoms with van der Waals surface area (Å²) in [6, 6.07) is 0. The lowest BCUT2D eigenvalue weighted by molar-refractivity contribution is -0.133. The van der Waals surface area contributed by atoms with Crippen molar-refractivity contribution in [3.63, 3.8) is 0 Å². The number of carbonyl (C=O) groups is 1. The highest BCUT2D eigenvalue weighted by Gasteiger charge is 2.60. The molecule has 7 atom stereocenters. The normalized spacial score (nSPS) is 45.3. The highest BCUT2D eigenvalue weighted by molar-refractivity contribution is 6.74. The van der Waals surface area contributed by atoms with Gasteiger partial charge in [-0.2, -0.15) is 0 Å². The number of hydrogen-bond donors (Lipinski definition) is 0. The summed E-state index contributed by atoms with van der Waals surface area (Å²) in [5.74, 6) is 3.23. The van der Waals surface area contributed by atoms with Crippen molar-refractivity contribution in [2.45, 2.75) is 111 Å². The molecular weight excluding hydrogens is 372 g/mol. The molecule has 0 aromatic heterocycles. The Labute approximate surface area is 180 Å². The SMILES string of the molecule is C[C@H]1C=C2C[C@@H](O[Si](C)(C)C(C)(C)C)CC[C@]2(C)[C@H]2CC[C@]3(C)C(=O)CC[C@H]3[C@H]12. The number of allylic oxidation sites excluding steroid dienone is 1. The molecule has 0 unspecified atom stereocenters. The number of fused-ring (bicyclic) bond motifs is 5. The molecule has 0 bridgehead atoms. The third-order valence-corrected chi connectivity index (χ3v) is 14.9. The smallest absolute Gasteiger partial charge is 0.192 e. The standard InChI is InChI=1S/C26H44O2Si/c1-17-15-18-16-19(28-29(7,8)24(2,3)4)11-13-25(18,5)21-12-14-26(6)20(23(17)21)9-10-22(26)27/h15,17,19-21,23H,9-14,16H2,1-8H3/t17-,19-,20-,21-,23-,25-,26-/m0/s1. The monoisotopic (exact) mass is 416 g/mol. The maximum atomic E-state index is 12.7. The van der Waals surface area contributed by atoms with Crippen molar-refractivity contribution in [3.8, 4) is 0 Å². The van der Waals surface area contributed by atoms with E-state index in [1.165, 1.54) is 19.3 Å². The lowest BCUT2D eigenvalue weighted by atomic mass is 9.46. The van der Waals surface area contributed by atoms with E-state index in [9.17, 15) is 4.79 Å². The average molecular weight is 417 g/mol. The third-order valence-electron chi connectivity index (χ3n) is 10.4. The number of carbonyl (C=O) groups excluding carboxylic acids is 1. The summed E-state index contributed by atoms with van der Waals surface area (Å²) in [5, 5.41) is 0.274. The summed E-state index contributed by atoms with van der Waals surface area (Å²) in [6.45, 7) is 19.1. The van der Waals surface area contributed by atoms with Gasteiger partial charge < -0.3 is 4.43 Å². The van der Waals surface area contributed by atoms with E-state index < -0.39 is 8.32 Å². The van der Waals surface area contributed by atoms with Crippen LogP contribution in [0, 0.1) is 34.5 Å². The van der Waals surface area contributed by atoms with Gasteiger partial charge in [0.25, 0.3) is 0 Å². The first kappa shape index (κ1) is 21.8. The Kier molecular flexibility index (Phi) is 5.11. The second-order valence-corrected chi connectivity index (χ2v) is 17.7. The zero-order valence-corrected chi connectivity index (χ0v) is 21.2. The van der Waals surface area contributed by atoms with E-state index in [2.05, 4.69) is 60.7 Å². The van der Waals surface area contributed by atoms with Crippen molar-refractivity contribution in [2.24, 2.45) is 34.5 Å². The van der Waals surface area contributed by atoms with Crippen LogP contribution in [-0.2, 0) is 9.22 Å². The lowest BCUT2D eigenvalue weighted by Gasteiger charge is -2.59. The molecule has 4 rings (SSSR count). The summed E-state index contributed by atoms with van der Waals surface area (Å²) in [7, 11) is -1.72. The Morgan fingerprint density at radius 1 is 1.03 bits per heavy atom. The van der Waals surface area contributed by atoms with Crippen LogP contribution in [0.3, 0.4) is 0 Å². The maximum Gasteiger partial charge on any atom is 0.192 e. The van der Waals surface area contributed by atoms with Gasteiger partial charge in [0.15, 0.2) is 8.32 Å². The van der Waals surface area contributed by atoms with Crippen LogP contribution in [0.15, 0.2) is 11.6 Å². The van der Waals surface area contributed by atoms with Crippen molar-refractivity contribution >= 4 is 14.1 Å². The van der Waals surface area contributed by atoms with E-state index in [0.29, 0.717) is 35.1 Å². The van der Waals surface area contributed by atoms with Gasteiger partial charge in [-0.05, 0) is 85.7 Å². The summed E-state index contributed by atoms with van der Waals surface area (Å²) in [4.78, 5) is 12.7. The zero-order valence-electron chi connectivity index (χ0n) is 20.2. The molecule has 2 nitrogen and oxygen atoms in total. The fourth-order valence-electron chi connectivity index (χ4n) is 7.45. The number of hydrogen-bond acceptors (Lipinski definition) is 2. The van der Waals surface area contributed by atoms with Gasteiger partial charge in [0.2, 0.25) is 0 Å². The molecule has 4 aliphatic carbocycles. The molecule has 0 aromatic carbocycles. The van der Waals surface area contributed by atoms with Gasteiger partial charge in [-0.25, -0.2) is 0 Å². The first-order valence-electron chi connectivity index (χ1n) is 12.2. The van der Waals surface area contributed by atoms with Crippen LogP contribution in [0.2, 0.25) is 18.1 Å². The molecule has 0 spiro atoms. The average Bonchev–Trinajstić information content (AvgIpc) is 2.90. The summed E-state index contributed by atoms with van der Waals surface area (Å²) >= 11 is 0. The molecule has 3 saturated carbocycles.